The Morgan fingerprint density at radius 1 is 0.676 bits per heavy atom. The summed E-state index contributed by atoms with van der Waals surface area (Å²) in [6.45, 7) is 0.627. The molecule has 0 radical (unpaired) electrons. The number of para-hydroxylation sites is 2. The van der Waals surface area contributed by atoms with Gasteiger partial charge in [0.2, 0.25) is 0 Å². The van der Waals surface area contributed by atoms with E-state index in [0.717, 1.165) is 22.5 Å². The van der Waals surface area contributed by atoms with E-state index in [1.807, 2.05) is 78.9 Å². The first-order valence-electron chi connectivity index (χ1n) is 11.1. The number of nitrogens with zero attached hydrogens (tertiary/aromatic N) is 1. The standard InChI is InChI=1S/C29H26N2O3/c32-28(30-27(29(33)34)20-22-10-4-1-5-11-22)24-18-16-23(17-19-24)21-31(25-12-6-2-7-13-25)26-14-8-3-9-15-26/h1-19,27H,20-21H2,(H,30,32)(H,33,34)/t27-/m1/s1. The summed E-state index contributed by atoms with van der Waals surface area (Å²) >= 11 is 0. The fourth-order valence-corrected chi connectivity index (χ4v) is 3.78. The van der Waals surface area contributed by atoms with Gasteiger partial charge in [0.1, 0.15) is 6.04 Å². The van der Waals surface area contributed by atoms with Crippen molar-refractivity contribution < 1.29 is 14.7 Å². The van der Waals surface area contributed by atoms with Gasteiger partial charge in [0.05, 0.1) is 0 Å². The summed E-state index contributed by atoms with van der Waals surface area (Å²) in [4.78, 5) is 26.6. The molecule has 34 heavy (non-hydrogen) atoms. The highest BCUT2D eigenvalue weighted by atomic mass is 16.4. The van der Waals surface area contributed by atoms with Gasteiger partial charge in [-0.05, 0) is 47.5 Å². The van der Waals surface area contributed by atoms with E-state index < -0.39 is 17.9 Å². The van der Waals surface area contributed by atoms with Gasteiger partial charge in [-0.2, -0.15) is 0 Å². The molecule has 170 valence electrons. The van der Waals surface area contributed by atoms with Crippen LogP contribution in [0.25, 0.3) is 0 Å². The Morgan fingerprint density at radius 2 is 1.18 bits per heavy atom. The van der Waals surface area contributed by atoms with E-state index in [0.29, 0.717) is 12.1 Å². The highest BCUT2D eigenvalue weighted by Crippen LogP contribution is 2.27. The van der Waals surface area contributed by atoms with Crippen LogP contribution in [-0.4, -0.2) is 23.0 Å². The number of hydrogen-bond acceptors (Lipinski definition) is 3. The van der Waals surface area contributed by atoms with Crippen LogP contribution in [0.3, 0.4) is 0 Å². The second-order valence-electron chi connectivity index (χ2n) is 8.01. The van der Waals surface area contributed by atoms with Crippen molar-refractivity contribution in [3.8, 4) is 0 Å². The average molecular weight is 451 g/mol. The van der Waals surface area contributed by atoms with Gasteiger partial charge in [0.25, 0.3) is 5.91 Å². The minimum absolute atomic E-state index is 0.225. The van der Waals surface area contributed by atoms with E-state index >= 15 is 0 Å². The fourth-order valence-electron chi connectivity index (χ4n) is 3.78. The van der Waals surface area contributed by atoms with Crippen LogP contribution < -0.4 is 10.2 Å². The first kappa shape index (κ1) is 22.8. The summed E-state index contributed by atoms with van der Waals surface area (Å²) in [5.41, 5.74) is 4.45. The van der Waals surface area contributed by atoms with Crippen LogP contribution in [0.4, 0.5) is 11.4 Å². The monoisotopic (exact) mass is 450 g/mol. The Morgan fingerprint density at radius 3 is 1.68 bits per heavy atom. The largest absolute Gasteiger partial charge is 0.480 e. The molecule has 4 aromatic rings. The van der Waals surface area contributed by atoms with E-state index in [9.17, 15) is 14.7 Å². The molecule has 4 aromatic carbocycles. The first-order valence-corrected chi connectivity index (χ1v) is 11.1. The maximum absolute atomic E-state index is 12.7. The Labute approximate surface area is 199 Å². The molecule has 0 saturated carbocycles. The summed E-state index contributed by atoms with van der Waals surface area (Å²) in [5.74, 6) is -1.46. The second-order valence-corrected chi connectivity index (χ2v) is 8.01. The Hall–Kier alpha value is -4.38. The summed E-state index contributed by atoms with van der Waals surface area (Å²) in [7, 11) is 0. The van der Waals surface area contributed by atoms with Gasteiger partial charge in [-0.1, -0.05) is 78.9 Å². The topological polar surface area (TPSA) is 69.6 Å². The number of carbonyl (C=O) groups is 2. The summed E-state index contributed by atoms with van der Waals surface area (Å²) in [6, 6.07) is 35.8. The Kier molecular flexibility index (Phi) is 7.35. The van der Waals surface area contributed by atoms with Gasteiger partial charge in [0.15, 0.2) is 0 Å². The third-order valence-electron chi connectivity index (χ3n) is 5.58. The number of rotatable bonds is 9. The van der Waals surface area contributed by atoms with Crippen LogP contribution in [0.5, 0.6) is 0 Å². The van der Waals surface area contributed by atoms with Crippen molar-refractivity contribution >= 4 is 23.3 Å². The van der Waals surface area contributed by atoms with E-state index in [1.54, 1.807) is 12.1 Å². The van der Waals surface area contributed by atoms with Crippen LogP contribution >= 0.6 is 0 Å². The first-order chi connectivity index (χ1) is 16.6. The van der Waals surface area contributed by atoms with Crippen molar-refractivity contribution in [3.05, 3.63) is 132 Å². The van der Waals surface area contributed by atoms with Crippen LogP contribution in [0.1, 0.15) is 21.5 Å². The Bertz CT molecular complexity index is 1170. The van der Waals surface area contributed by atoms with Crippen molar-refractivity contribution in [1.29, 1.82) is 0 Å². The van der Waals surface area contributed by atoms with Crippen molar-refractivity contribution in [2.24, 2.45) is 0 Å². The third kappa shape index (κ3) is 5.90. The molecule has 4 rings (SSSR count). The lowest BCUT2D eigenvalue weighted by Gasteiger charge is -2.25. The lowest BCUT2D eigenvalue weighted by atomic mass is 10.0. The normalized spacial score (nSPS) is 11.4. The maximum atomic E-state index is 12.7. The molecule has 5 heteroatoms. The van der Waals surface area contributed by atoms with Crippen LogP contribution in [0.2, 0.25) is 0 Å². The number of carboxylic acids is 1. The lowest BCUT2D eigenvalue weighted by Crippen LogP contribution is -2.42. The number of amides is 1. The fraction of sp³-hybridized carbons (Fsp3) is 0.103. The molecule has 0 bridgehead atoms. The molecule has 0 aliphatic heterocycles. The molecule has 0 spiro atoms. The van der Waals surface area contributed by atoms with Crippen molar-refractivity contribution in [3.63, 3.8) is 0 Å². The van der Waals surface area contributed by atoms with E-state index in [-0.39, 0.29) is 6.42 Å². The number of carboxylic acid groups (broad SMARTS) is 1. The molecular weight excluding hydrogens is 424 g/mol. The van der Waals surface area contributed by atoms with Crippen molar-refractivity contribution in [2.75, 3.05) is 4.90 Å². The van der Waals surface area contributed by atoms with E-state index in [2.05, 4.69) is 34.5 Å². The Balaban J connectivity index is 1.47. The molecule has 1 atom stereocenters. The number of carbonyl (C=O) groups excluding carboxylic acids is 1. The zero-order valence-corrected chi connectivity index (χ0v) is 18.7. The summed E-state index contributed by atoms with van der Waals surface area (Å²) in [5, 5.41) is 12.2. The van der Waals surface area contributed by atoms with Gasteiger partial charge >= 0.3 is 5.97 Å². The van der Waals surface area contributed by atoms with Crippen LogP contribution in [-0.2, 0) is 17.8 Å². The third-order valence-corrected chi connectivity index (χ3v) is 5.58. The van der Waals surface area contributed by atoms with Gasteiger partial charge in [-0.3, -0.25) is 4.79 Å². The SMILES string of the molecule is O=C(N[C@H](Cc1ccccc1)C(=O)O)c1ccc(CN(c2ccccc2)c2ccccc2)cc1. The van der Waals surface area contributed by atoms with E-state index in [1.165, 1.54) is 0 Å². The van der Waals surface area contributed by atoms with Gasteiger partial charge in [-0.25, -0.2) is 4.79 Å². The van der Waals surface area contributed by atoms with Crippen molar-refractivity contribution in [2.45, 2.75) is 19.0 Å². The molecular formula is C29H26N2O3. The zero-order valence-electron chi connectivity index (χ0n) is 18.7. The quantitative estimate of drug-likeness (QED) is 0.356. The van der Waals surface area contributed by atoms with Gasteiger partial charge in [0, 0.05) is 29.9 Å². The minimum Gasteiger partial charge on any atom is -0.480 e. The number of nitrogens with one attached hydrogen (secondary N) is 1. The minimum atomic E-state index is -1.06. The van der Waals surface area contributed by atoms with Gasteiger partial charge in [-0.15, -0.1) is 0 Å². The molecule has 0 heterocycles. The predicted molar refractivity (Wildman–Crippen MR) is 134 cm³/mol. The smallest absolute Gasteiger partial charge is 0.326 e. The molecule has 0 aromatic heterocycles. The van der Waals surface area contributed by atoms with Crippen LogP contribution in [0, 0.1) is 0 Å². The molecule has 2 N–H and O–H groups in total. The van der Waals surface area contributed by atoms with Crippen molar-refractivity contribution in [1.82, 2.24) is 5.32 Å². The number of hydrogen-bond donors (Lipinski definition) is 2. The molecule has 0 unspecified atom stereocenters. The average Bonchev–Trinajstić information content (AvgIpc) is 2.89. The molecule has 0 saturated heterocycles. The summed E-state index contributed by atoms with van der Waals surface area (Å²) < 4.78 is 0. The number of anilines is 2. The van der Waals surface area contributed by atoms with E-state index in [4.69, 9.17) is 0 Å². The highest BCUT2D eigenvalue weighted by Gasteiger charge is 2.21. The molecule has 0 aliphatic carbocycles. The molecule has 0 aliphatic rings. The highest BCUT2D eigenvalue weighted by molar-refractivity contribution is 5.96. The zero-order chi connectivity index (χ0) is 23.8. The maximum Gasteiger partial charge on any atom is 0.326 e. The number of benzene rings is 4. The lowest BCUT2D eigenvalue weighted by molar-refractivity contribution is -0.139. The van der Waals surface area contributed by atoms with Gasteiger partial charge < -0.3 is 15.3 Å². The predicted octanol–water partition coefficient (Wildman–Crippen LogP) is 5.45. The molecule has 5 nitrogen and oxygen atoms in total. The summed E-state index contributed by atoms with van der Waals surface area (Å²) in [6.07, 6.45) is 0.225. The molecule has 1 amide bonds. The van der Waals surface area contributed by atoms with Crippen LogP contribution in [0.15, 0.2) is 115 Å². The second kappa shape index (κ2) is 11.0. The molecule has 0 fully saturated rings. The number of aliphatic carboxylic acids is 1.